The first-order chi connectivity index (χ1) is 15.2. The number of nitrogens with zero attached hydrogens (tertiary/aromatic N) is 2. The molecule has 6 nitrogen and oxygen atoms in total. The van der Waals surface area contributed by atoms with E-state index in [4.69, 9.17) is 4.74 Å². The number of piperazine rings is 1. The quantitative estimate of drug-likeness (QED) is 0.748. The summed E-state index contributed by atoms with van der Waals surface area (Å²) >= 11 is 0. The number of anilines is 1. The first-order valence-corrected chi connectivity index (χ1v) is 12.0. The zero-order valence-electron chi connectivity index (χ0n) is 19.6. The van der Waals surface area contributed by atoms with Gasteiger partial charge in [0.05, 0.1) is 5.41 Å². The number of halogens is 1. The van der Waals surface area contributed by atoms with Crippen LogP contribution in [0.15, 0.2) is 18.2 Å². The van der Waals surface area contributed by atoms with E-state index in [-0.39, 0.29) is 23.9 Å². The Kier molecular flexibility index (Phi) is 6.37. The van der Waals surface area contributed by atoms with E-state index in [0.29, 0.717) is 44.6 Å². The molecule has 0 atom stereocenters. The summed E-state index contributed by atoms with van der Waals surface area (Å²) in [5.41, 5.74) is 0.0885. The van der Waals surface area contributed by atoms with Crippen LogP contribution in [0.25, 0.3) is 0 Å². The van der Waals surface area contributed by atoms with Crippen molar-refractivity contribution in [2.75, 3.05) is 31.1 Å². The van der Waals surface area contributed by atoms with Crippen molar-refractivity contribution < 1.29 is 18.7 Å². The van der Waals surface area contributed by atoms with Gasteiger partial charge in [-0.15, -0.1) is 0 Å². The minimum absolute atomic E-state index is 0.0120. The van der Waals surface area contributed by atoms with Gasteiger partial charge in [0.15, 0.2) is 0 Å². The number of benzene rings is 1. The molecule has 2 aliphatic carbocycles. The number of ether oxygens (including phenoxy) is 1. The lowest BCUT2D eigenvalue weighted by Crippen LogP contribution is -2.50. The van der Waals surface area contributed by atoms with Gasteiger partial charge in [-0.3, -0.25) is 4.79 Å². The Hall–Kier alpha value is -2.31. The number of carbonyl (C=O) groups is 2. The first kappa shape index (κ1) is 22.9. The molecule has 0 unspecified atom stereocenters. The standard InChI is InChI=1S/C25H36FN3O3/c1-24(2,3)32-23(31)29-15-13-28(14-16-29)19-9-10-20(21(26)17-19)25(11-12-25)22(30)27-18-7-5-4-6-8-18/h9-10,17-18H,4-8,11-16H2,1-3H3,(H,27,30). The van der Waals surface area contributed by atoms with Crippen molar-refractivity contribution in [3.8, 4) is 0 Å². The van der Waals surface area contributed by atoms with Gasteiger partial charge >= 0.3 is 6.09 Å². The fourth-order valence-corrected chi connectivity index (χ4v) is 4.88. The highest BCUT2D eigenvalue weighted by atomic mass is 19.1. The van der Waals surface area contributed by atoms with Crippen molar-refractivity contribution in [3.63, 3.8) is 0 Å². The monoisotopic (exact) mass is 445 g/mol. The van der Waals surface area contributed by atoms with Crippen molar-refractivity contribution >= 4 is 17.7 Å². The minimum atomic E-state index is -0.699. The molecule has 1 aromatic carbocycles. The number of carbonyl (C=O) groups excluding carboxylic acids is 2. The van der Waals surface area contributed by atoms with E-state index in [0.717, 1.165) is 31.4 Å². The Bertz CT molecular complexity index is 848. The van der Waals surface area contributed by atoms with E-state index in [2.05, 4.69) is 10.2 Å². The minimum Gasteiger partial charge on any atom is -0.444 e. The highest BCUT2D eigenvalue weighted by Gasteiger charge is 2.53. The predicted octanol–water partition coefficient (Wildman–Crippen LogP) is 4.36. The van der Waals surface area contributed by atoms with Gasteiger partial charge in [-0.25, -0.2) is 9.18 Å². The van der Waals surface area contributed by atoms with Gasteiger partial charge in [0.1, 0.15) is 11.4 Å². The summed E-state index contributed by atoms with van der Waals surface area (Å²) in [6.45, 7) is 7.86. The van der Waals surface area contributed by atoms with Gasteiger partial charge < -0.3 is 19.9 Å². The first-order valence-electron chi connectivity index (χ1n) is 12.0. The van der Waals surface area contributed by atoms with Crippen LogP contribution in [0.5, 0.6) is 0 Å². The molecule has 7 heteroatoms. The van der Waals surface area contributed by atoms with Crippen LogP contribution in [-0.4, -0.2) is 54.7 Å². The number of nitrogens with one attached hydrogen (secondary N) is 1. The average Bonchev–Trinajstić information content (AvgIpc) is 3.55. The fourth-order valence-electron chi connectivity index (χ4n) is 4.88. The SMILES string of the molecule is CC(C)(C)OC(=O)N1CCN(c2ccc(C3(C(=O)NC4CCCCC4)CC3)c(F)c2)CC1. The Labute approximate surface area is 190 Å². The molecule has 2 amide bonds. The lowest BCUT2D eigenvalue weighted by atomic mass is 9.91. The van der Waals surface area contributed by atoms with Gasteiger partial charge in [0, 0.05) is 43.5 Å². The second kappa shape index (κ2) is 8.91. The molecule has 2 saturated carbocycles. The summed E-state index contributed by atoms with van der Waals surface area (Å²) < 4.78 is 20.6. The lowest BCUT2D eigenvalue weighted by Gasteiger charge is -2.37. The molecule has 1 aliphatic heterocycles. The van der Waals surface area contributed by atoms with Gasteiger partial charge in [0.2, 0.25) is 5.91 Å². The summed E-state index contributed by atoms with van der Waals surface area (Å²) in [5, 5.41) is 3.19. The van der Waals surface area contributed by atoms with Crippen molar-refractivity contribution in [1.82, 2.24) is 10.2 Å². The lowest BCUT2D eigenvalue weighted by molar-refractivity contribution is -0.124. The van der Waals surface area contributed by atoms with E-state index < -0.39 is 11.0 Å². The van der Waals surface area contributed by atoms with E-state index in [1.165, 1.54) is 6.42 Å². The number of amides is 2. The molecule has 32 heavy (non-hydrogen) atoms. The number of rotatable bonds is 4. The topological polar surface area (TPSA) is 61.9 Å². The second-order valence-corrected chi connectivity index (χ2v) is 10.5. The highest BCUT2D eigenvalue weighted by Crippen LogP contribution is 2.50. The Morgan fingerprint density at radius 2 is 1.72 bits per heavy atom. The van der Waals surface area contributed by atoms with Crippen molar-refractivity contribution in [2.45, 2.75) is 82.8 Å². The molecule has 1 saturated heterocycles. The molecule has 1 N–H and O–H groups in total. The number of hydrogen-bond acceptors (Lipinski definition) is 4. The predicted molar refractivity (Wildman–Crippen MR) is 122 cm³/mol. The molecule has 4 rings (SSSR count). The molecule has 3 aliphatic rings. The summed E-state index contributed by atoms with van der Waals surface area (Å²) in [6.07, 6.45) is 6.70. The molecule has 0 aromatic heterocycles. The largest absolute Gasteiger partial charge is 0.444 e. The molecule has 1 aromatic rings. The zero-order chi connectivity index (χ0) is 22.9. The smallest absolute Gasteiger partial charge is 0.410 e. The second-order valence-electron chi connectivity index (χ2n) is 10.5. The normalized spacial score (nSPS) is 21.2. The van der Waals surface area contributed by atoms with Crippen LogP contribution in [0.4, 0.5) is 14.9 Å². The van der Waals surface area contributed by atoms with Crippen LogP contribution in [0.3, 0.4) is 0 Å². The maximum absolute atomic E-state index is 15.2. The maximum Gasteiger partial charge on any atom is 0.410 e. The van der Waals surface area contributed by atoms with Crippen molar-refractivity contribution in [2.24, 2.45) is 0 Å². The van der Waals surface area contributed by atoms with Gasteiger partial charge in [-0.05, 0) is 58.6 Å². The molecular formula is C25H36FN3O3. The van der Waals surface area contributed by atoms with E-state index in [9.17, 15) is 9.59 Å². The number of hydrogen-bond donors (Lipinski definition) is 1. The van der Waals surface area contributed by atoms with Gasteiger partial charge in [-0.1, -0.05) is 25.3 Å². The molecule has 1 heterocycles. The van der Waals surface area contributed by atoms with E-state index in [1.54, 1.807) is 17.0 Å². The van der Waals surface area contributed by atoms with Crippen molar-refractivity contribution in [1.29, 1.82) is 0 Å². The summed E-state index contributed by atoms with van der Waals surface area (Å²) in [6, 6.07) is 5.48. The Balaban J connectivity index is 1.37. The molecule has 176 valence electrons. The average molecular weight is 446 g/mol. The molecular weight excluding hydrogens is 409 g/mol. The maximum atomic E-state index is 15.2. The van der Waals surface area contributed by atoms with Crippen LogP contribution in [0.2, 0.25) is 0 Å². The van der Waals surface area contributed by atoms with Crippen LogP contribution < -0.4 is 10.2 Å². The van der Waals surface area contributed by atoms with Crippen LogP contribution in [0.1, 0.15) is 71.3 Å². The van der Waals surface area contributed by atoms with E-state index >= 15 is 4.39 Å². The highest BCUT2D eigenvalue weighted by molar-refractivity contribution is 5.91. The molecule has 0 bridgehead atoms. The summed E-state index contributed by atoms with van der Waals surface area (Å²) in [5.74, 6) is -0.324. The van der Waals surface area contributed by atoms with Crippen LogP contribution in [-0.2, 0) is 14.9 Å². The molecule has 0 radical (unpaired) electrons. The molecule has 0 spiro atoms. The third-order valence-electron chi connectivity index (χ3n) is 6.89. The van der Waals surface area contributed by atoms with E-state index in [1.807, 2.05) is 26.8 Å². The Morgan fingerprint density at radius 3 is 2.28 bits per heavy atom. The third-order valence-corrected chi connectivity index (χ3v) is 6.89. The van der Waals surface area contributed by atoms with Gasteiger partial charge in [0.25, 0.3) is 0 Å². The van der Waals surface area contributed by atoms with Crippen LogP contribution in [0, 0.1) is 5.82 Å². The van der Waals surface area contributed by atoms with Gasteiger partial charge in [-0.2, -0.15) is 0 Å². The third kappa shape index (κ3) is 5.02. The summed E-state index contributed by atoms with van der Waals surface area (Å²) in [7, 11) is 0. The van der Waals surface area contributed by atoms with Crippen molar-refractivity contribution in [3.05, 3.63) is 29.6 Å². The zero-order valence-corrected chi connectivity index (χ0v) is 19.6. The fraction of sp³-hybridized carbons (Fsp3) is 0.680. The summed E-state index contributed by atoms with van der Waals surface area (Å²) in [4.78, 5) is 29.0. The Morgan fingerprint density at radius 1 is 1.06 bits per heavy atom. The molecule has 3 fully saturated rings. The van der Waals surface area contributed by atoms with Crippen LogP contribution >= 0.6 is 0 Å².